The maximum Gasteiger partial charge on any atom is 0.182 e. The molecule has 0 bridgehead atoms. The molecule has 0 aliphatic carbocycles. The average molecular weight is 279 g/mol. The Kier molecular flexibility index (Phi) is 4.62. The molecule has 1 heterocycles. The highest BCUT2D eigenvalue weighted by molar-refractivity contribution is 5.59. The Bertz CT molecular complexity index is 566. The molecule has 2 aromatic rings. The van der Waals surface area contributed by atoms with Crippen molar-refractivity contribution >= 4 is 5.69 Å². The van der Waals surface area contributed by atoms with Gasteiger partial charge in [-0.25, -0.2) is 9.07 Å². The Hall–Kier alpha value is -2.02. The van der Waals surface area contributed by atoms with E-state index in [0.29, 0.717) is 18.0 Å². The lowest BCUT2D eigenvalue weighted by atomic mass is 10.1. The standard InChI is InChI=1S/C13H18FN5O/c1-3-4-10(8-20-2)19-13(16-17-18-19)9-5-6-12(15)11(14)7-9/h5-7,10H,3-4,8,15H2,1-2H3. The van der Waals surface area contributed by atoms with Gasteiger partial charge in [-0.1, -0.05) is 13.3 Å². The zero-order chi connectivity index (χ0) is 14.5. The highest BCUT2D eigenvalue weighted by atomic mass is 19.1. The van der Waals surface area contributed by atoms with Crippen LogP contribution in [-0.2, 0) is 4.74 Å². The number of aromatic nitrogens is 4. The summed E-state index contributed by atoms with van der Waals surface area (Å²) >= 11 is 0. The van der Waals surface area contributed by atoms with Gasteiger partial charge in [0.25, 0.3) is 0 Å². The number of halogens is 1. The molecule has 20 heavy (non-hydrogen) atoms. The normalized spacial score (nSPS) is 12.6. The summed E-state index contributed by atoms with van der Waals surface area (Å²) in [6.45, 7) is 2.58. The van der Waals surface area contributed by atoms with E-state index in [1.54, 1.807) is 17.9 Å². The number of nitrogens with zero attached hydrogens (tertiary/aromatic N) is 4. The van der Waals surface area contributed by atoms with Crippen LogP contribution in [0.25, 0.3) is 11.4 Å². The lowest BCUT2D eigenvalue weighted by molar-refractivity contribution is 0.144. The van der Waals surface area contributed by atoms with E-state index in [9.17, 15) is 4.39 Å². The second-order valence-electron chi connectivity index (χ2n) is 4.58. The zero-order valence-electron chi connectivity index (χ0n) is 11.6. The van der Waals surface area contributed by atoms with Crippen molar-refractivity contribution in [1.29, 1.82) is 0 Å². The van der Waals surface area contributed by atoms with Crippen molar-refractivity contribution < 1.29 is 9.13 Å². The van der Waals surface area contributed by atoms with Crippen LogP contribution in [0.1, 0.15) is 25.8 Å². The molecule has 0 saturated carbocycles. The number of tetrazole rings is 1. The van der Waals surface area contributed by atoms with Gasteiger partial charge in [0.1, 0.15) is 5.82 Å². The minimum Gasteiger partial charge on any atom is -0.396 e. The molecule has 108 valence electrons. The number of anilines is 1. The van der Waals surface area contributed by atoms with Gasteiger partial charge in [0, 0.05) is 12.7 Å². The molecule has 0 fully saturated rings. The molecule has 6 nitrogen and oxygen atoms in total. The van der Waals surface area contributed by atoms with E-state index >= 15 is 0 Å². The Labute approximate surface area is 116 Å². The number of rotatable bonds is 6. The summed E-state index contributed by atoms with van der Waals surface area (Å²) in [5.74, 6) is 0.0373. The minimum absolute atomic E-state index is 0.0237. The number of ether oxygens (including phenoxy) is 1. The summed E-state index contributed by atoms with van der Waals surface area (Å²) in [4.78, 5) is 0. The van der Waals surface area contributed by atoms with Gasteiger partial charge in [0.15, 0.2) is 5.82 Å². The first kappa shape index (κ1) is 14.4. The van der Waals surface area contributed by atoms with Gasteiger partial charge in [0.2, 0.25) is 0 Å². The fraction of sp³-hybridized carbons (Fsp3) is 0.462. The van der Waals surface area contributed by atoms with E-state index in [1.807, 2.05) is 0 Å². The smallest absolute Gasteiger partial charge is 0.182 e. The second-order valence-corrected chi connectivity index (χ2v) is 4.58. The van der Waals surface area contributed by atoms with E-state index < -0.39 is 5.82 Å². The molecule has 2 N–H and O–H groups in total. The van der Waals surface area contributed by atoms with Gasteiger partial charge >= 0.3 is 0 Å². The minimum atomic E-state index is -0.476. The summed E-state index contributed by atoms with van der Waals surface area (Å²) in [6.07, 6.45) is 1.85. The molecule has 0 aliphatic rings. The van der Waals surface area contributed by atoms with E-state index in [4.69, 9.17) is 10.5 Å². The third-order valence-corrected chi connectivity index (χ3v) is 3.08. The second kappa shape index (κ2) is 6.42. The van der Waals surface area contributed by atoms with Crippen LogP contribution in [0.5, 0.6) is 0 Å². The van der Waals surface area contributed by atoms with Gasteiger partial charge in [0.05, 0.1) is 18.3 Å². The van der Waals surface area contributed by atoms with Gasteiger partial charge in [-0.15, -0.1) is 5.10 Å². The number of methoxy groups -OCH3 is 1. The summed E-state index contributed by atoms with van der Waals surface area (Å²) in [5, 5.41) is 11.7. The van der Waals surface area contributed by atoms with Crippen molar-refractivity contribution in [3.8, 4) is 11.4 Å². The topological polar surface area (TPSA) is 78.8 Å². The highest BCUT2D eigenvalue weighted by Crippen LogP contribution is 2.24. The van der Waals surface area contributed by atoms with E-state index in [1.165, 1.54) is 12.1 Å². The van der Waals surface area contributed by atoms with Gasteiger partial charge in [-0.2, -0.15) is 0 Å². The number of nitrogen functional groups attached to an aromatic ring is 1. The molecule has 7 heteroatoms. The van der Waals surface area contributed by atoms with E-state index in [-0.39, 0.29) is 11.7 Å². The van der Waals surface area contributed by atoms with Crippen LogP contribution < -0.4 is 5.73 Å². The fourth-order valence-electron chi connectivity index (χ4n) is 2.10. The Morgan fingerprint density at radius 3 is 2.90 bits per heavy atom. The SMILES string of the molecule is CCCC(COC)n1nnnc1-c1ccc(N)c(F)c1. The number of hydrogen-bond donors (Lipinski definition) is 1. The van der Waals surface area contributed by atoms with Crippen LogP contribution in [0.2, 0.25) is 0 Å². The van der Waals surface area contributed by atoms with Crippen molar-refractivity contribution in [2.75, 3.05) is 19.5 Å². The Balaban J connectivity index is 2.37. The number of nitrogens with two attached hydrogens (primary N) is 1. The number of benzene rings is 1. The highest BCUT2D eigenvalue weighted by Gasteiger charge is 2.18. The molecule has 0 spiro atoms. The first-order valence-corrected chi connectivity index (χ1v) is 6.49. The molecule has 0 radical (unpaired) electrons. The van der Waals surface area contributed by atoms with Crippen molar-refractivity contribution in [2.45, 2.75) is 25.8 Å². The van der Waals surface area contributed by atoms with Crippen LogP contribution in [0.15, 0.2) is 18.2 Å². The third kappa shape index (κ3) is 2.93. The van der Waals surface area contributed by atoms with Crippen molar-refractivity contribution in [2.24, 2.45) is 0 Å². The van der Waals surface area contributed by atoms with Gasteiger partial charge in [-0.3, -0.25) is 0 Å². The van der Waals surface area contributed by atoms with Crippen LogP contribution >= 0.6 is 0 Å². The summed E-state index contributed by atoms with van der Waals surface area (Å²) < 4.78 is 20.5. The predicted octanol–water partition coefficient (Wildman–Crippen LogP) is 2.05. The molecule has 1 unspecified atom stereocenters. The van der Waals surface area contributed by atoms with Crippen LogP contribution in [0.4, 0.5) is 10.1 Å². The largest absolute Gasteiger partial charge is 0.396 e. The lowest BCUT2D eigenvalue weighted by Gasteiger charge is -2.16. The summed E-state index contributed by atoms with van der Waals surface area (Å²) in [5.41, 5.74) is 6.18. The first-order chi connectivity index (χ1) is 9.67. The fourth-order valence-corrected chi connectivity index (χ4v) is 2.10. The maximum atomic E-state index is 13.6. The monoisotopic (exact) mass is 279 g/mol. The molecule has 1 aromatic carbocycles. The van der Waals surface area contributed by atoms with Crippen LogP contribution in [-0.4, -0.2) is 33.9 Å². The van der Waals surface area contributed by atoms with Crippen LogP contribution in [0.3, 0.4) is 0 Å². The summed E-state index contributed by atoms with van der Waals surface area (Å²) in [6, 6.07) is 4.58. The first-order valence-electron chi connectivity index (χ1n) is 6.49. The Morgan fingerprint density at radius 1 is 1.45 bits per heavy atom. The van der Waals surface area contributed by atoms with Gasteiger partial charge in [-0.05, 0) is 35.0 Å². The molecule has 0 aliphatic heterocycles. The Morgan fingerprint density at radius 2 is 2.25 bits per heavy atom. The van der Waals surface area contributed by atoms with Crippen molar-refractivity contribution in [3.63, 3.8) is 0 Å². The average Bonchev–Trinajstić information content (AvgIpc) is 2.91. The molecule has 1 aromatic heterocycles. The van der Waals surface area contributed by atoms with Crippen LogP contribution in [0, 0.1) is 5.82 Å². The quantitative estimate of drug-likeness (QED) is 0.819. The molecule has 0 amide bonds. The molecule has 1 atom stereocenters. The molecule has 0 saturated heterocycles. The molecular weight excluding hydrogens is 261 g/mol. The molecule has 2 rings (SSSR count). The van der Waals surface area contributed by atoms with E-state index in [2.05, 4.69) is 22.4 Å². The van der Waals surface area contributed by atoms with E-state index in [0.717, 1.165) is 12.8 Å². The zero-order valence-corrected chi connectivity index (χ0v) is 11.6. The summed E-state index contributed by atoms with van der Waals surface area (Å²) in [7, 11) is 1.63. The van der Waals surface area contributed by atoms with Gasteiger partial charge < -0.3 is 10.5 Å². The number of hydrogen-bond acceptors (Lipinski definition) is 5. The third-order valence-electron chi connectivity index (χ3n) is 3.08. The molecular formula is C13H18FN5O. The predicted molar refractivity (Wildman–Crippen MR) is 73.4 cm³/mol. The van der Waals surface area contributed by atoms with Crippen molar-refractivity contribution in [3.05, 3.63) is 24.0 Å². The van der Waals surface area contributed by atoms with Crippen molar-refractivity contribution in [1.82, 2.24) is 20.2 Å². The lowest BCUT2D eigenvalue weighted by Crippen LogP contribution is -2.17. The maximum absolute atomic E-state index is 13.6.